The molecule has 0 fully saturated rings. The molecule has 0 spiro atoms. The summed E-state index contributed by atoms with van der Waals surface area (Å²) in [6.45, 7) is 3.02. The van der Waals surface area contributed by atoms with Gasteiger partial charge in [-0.2, -0.15) is 5.26 Å². The van der Waals surface area contributed by atoms with Crippen LogP contribution in [0.3, 0.4) is 0 Å². The third-order valence-electron chi connectivity index (χ3n) is 4.85. The standard InChI is InChI=1S/C22H20N4O5S/c1-14-15(2)26(17-6-4-3-5-7-17)21(19(14)12-23)25-20(27)13-31-22(28)16-8-10-18(11-9-16)32(24,29)30/h3-11H,13H2,1-2H3,(H,25,27)(H2,24,29,30). The molecule has 3 aromatic rings. The number of nitrogens with one attached hydrogen (secondary N) is 1. The molecule has 1 amide bonds. The van der Waals surface area contributed by atoms with Crippen LogP contribution in [-0.2, 0) is 19.6 Å². The van der Waals surface area contributed by atoms with Crippen molar-refractivity contribution in [2.45, 2.75) is 18.7 Å². The molecule has 3 N–H and O–H groups in total. The Labute approximate surface area is 185 Å². The summed E-state index contributed by atoms with van der Waals surface area (Å²) in [7, 11) is -3.89. The van der Waals surface area contributed by atoms with Gasteiger partial charge in [0.2, 0.25) is 10.0 Å². The highest BCUT2D eigenvalue weighted by molar-refractivity contribution is 7.89. The van der Waals surface area contributed by atoms with Gasteiger partial charge in [0.25, 0.3) is 5.91 Å². The molecule has 32 heavy (non-hydrogen) atoms. The van der Waals surface area contributed by atoms with E-state index < -0.39 is 28.5 Å². The molecule has 0 aliphatic carbocycles. The lowest BCUT2D eigenvalue weighted by Crippen LogP contribution is -2.23. The van der Waals surface area contributed by atoms with Gasteiger partial charge in [-0.25, -0.2) is 18.4 Å². The molecule has 0 atom stereocenters. The maximum absolute atomic E-state index is 12.5. The van der Waals surface area contributed by atoms with E-state index in [0.29, 0.717) is 5.56 Å². The number of hydrogen-bond donors (Lipinski definition) is 2. The second kappa shape index (κ2) is 9.05. The van der Waals surface area contributed by atoms with Crippen molar-refractivity contribution in [1.29, 1.82) is 5.26 Å². The van der Waals surface area contributed by atoms with Crippen molar-refractivity contribution < 1.29 is 22.7 Å². The Bertz CT molecular complexity index is 1320. The van der Waals surface area contributed by atoms with E-state index in [1.807, 2.05) is 37.3 Å². The largest absolute Gasteiger partial charge is 0.452 e. The molecule has 0 unspecified atom stereocenters. The van der Waals surface area contributed by atoms with Crippen molar-refractivity contribution in [3.63, 3.8) is 0 Å². The molecule has 0 aliphatic heterocycles. The minimum absolute atomic E-state index is 0.0577. The summed E-state index contributed by atoms with van der Waals surface area (Å²) in [4.78, 5) is 24.5. The number of carbonyl (C=O) groups excluding carboxylic acids is 2. The van der Waals surface area contributed by atoms with Crippen molar-refractivity contribution in [2.24, 2.45) is 5.14 Å². The Morgan fingerprint density at radius 3 is 2.28 bits per heavy atom. The zero-order valence-electron chi connectivity index (χ0n) is 17.3. The number of amides is 1. The topological polar surface area (TPSA) is 144 Å². The van der Waals surface area contributed by atoms with Gasteiger partial charge in [0, 0.05) is 11.4 Å². The fraction of sp³-hybridized carbons (Fsp3) is 0.136. The number of para-hydroxylation sites is 1. The number of aromatic nitrogens is 1. The van der Waals surface area contributed by atoms with E-state index in [1.54, 1.807) is 11.5 Å². The molecule has 1 heterocycles. The fourth-order valence-electron chi connectivity index (χ4n) is 3.12. The van der Waals surface area contributed by atoms with Gasteiger partial charge < -0.3 is 10.1 Å². The first-order valence-electron chi connectivity index (χ1n) is 9.40. The van der Waals surface area contributed by atoms with Gasteiger partial charge in [0.15, 0.2) is 6.61 Å². The number of rotatable bonds is 6. The van der Waals surface area contributed by atoms with Gasteiger partial charge in [0.05, 0.1) is 16.0 Å². The number of sulfonamides is 1. The van der Waals surface area contributed by atoms with Crippen molar-refractivity contribution in [2.75, 3.05) is 11.9 Å². The summed E-state index contributed by atoms with van der Waals surface area (Å²) in [5.41, 5.74) is 2.64. The van der Waals surface area contributed by atoms with Gasteiger partial charge >= 0.3 is 5.97 Å². The molecule has 0 saturated carbocycles. The van der Waals surface area contributed by atoms with Crippen LogP contribution in [0.15, 0.2) is 59.5 Å². The fourth-order valence-corrected chi connectivity index (χ4v) is 3.64. The molecule has 0 bridgehead atoms. The molecule has 0 radical (unpaired) electrons. The van der Waals surface area contributed by atoms with Gasteiger partial charge in [-0.05, 0) is 55.8 Å². The predicted octanol–water partition coefficient (Wildman–Crippen LogP) is 2.41. The SMILES string of the molecule is Cc1c(C#N)c(NC(=O)COC(=O)c2ccc(S(N)(=O)=O)cc2)n(-c2ccccc2)c1C. The minimum atomic E-state index is -3.89. The Balaban J connectivity index is 1.76. The van der Waals surface area contributed by atoms with E-state index in [0.717, 1.165) is 16.9 Å². The first-order chi connectivity index (χ1) is 15.1. The average molecular weight is 452 g/mol. The number of hydrogen-bond acceptors (Lipinski definition) is 6. The number of benzene rings is 2. The average Bonchev–Trinajstić information content (AvgIpc) is 3.01. The molecule has 10 heteroatoms. The zero-order valence-corrected chi connectivity index (χ0v) is 18.1. The molecule has 0 aliphatic rings. The van der Waals surface area contributed by atoms with E-state index in [-0.39, 0.29) is 16.3 Å². The lowest BCUT2D eigenvalue weighted by Gasteiger charge is -2.13. The van der Waals surface area contributed by atoms with Gasteiger partial charge in [-0.1, -0.05) is 18.2 Å². The van der Waals surface area contributed by atoms with Crippen LogP contribution < -0.4 is 10.5 Å². The molecule has 9 nitrogen and oxygen atoms in total. The lowest BCUT2D eigenvalue weighted by atomic mass is 10.2. The third kappa shape index (κ3) is 4.69. The van der Waals surface area contributed by atoms with Gasteiger partial charge in [-0.15, -0.1) is 0 Å². The number of primary sulfonamides is 1. The second-order valence-corrected chi connectivity index (χ2v) is 8.47. The van der Waals surface area contributed by atoms with Crippen LogP contribution in [0.4, 0.5) is 5.82 Å². The summed E-state index contributed by atoms with van der Waals surface area (Å²) in [5, 5.41) is 17.3. The smallest absolute Gasteiger partial charge is 0.338 e. The quantitative estimate of drug-likeness (QED) is 0.550. The van der Waals surface area contributed by atoms with Crippen LogP contribution in [0.1, 0.15) is 27.2 Å². The van der Waals surface area contributed by atoms with E-state index in [9.17, 15) is 23.3 Å². The number of anilines is 1. The van der Waals surface area contributed by atoms with Gasteiger partial charge in [0.1, 0.15) is 11.9 Å². The first-order valence-corrected chi connectivity index (χ1v) is 11.0. The minimum Gasteiger partial charge on any atom is -0.452 e. The van der Waals surface area contributed by atoms with E-state index in [2.05, 4.69) is 11.4 Å². The molecule has 0 saturated heterocycles. The lowest BCUT2D eigenvalue weighted by molar-refractivity contribution is -0.119. The molecular weight excluding hydrogens is 432 g/mol. The number of nitriles is 1. The van der Waals surface area contributed by atoms with Gasteiger partial charge in [-0.3, -0.25) is 9.36 Å². The number of ether oxygens (including phenoxy) is 1. The van der Waals surface area contributed by atoms with E-state index in [1.165, 1.54) is 24.3 Å². The maximum atomic E-state index is 12.5. The van der Waals surface area contributed by atoms with E-state index in [4.69, 9.17) is 9.88 Å². The summed E-state index contributed by atoms with van der Waals surface area (Å²) in [5.74, 6) is -1.16. The number of esters is 1. The first kappa shape index (κ1) is 22.7. The molecule has 3 rings (SSSR count). The van der Waals surface area contributed by atoms with Crippen LogP contribution >= 0.6 is 0 Å². The Morgan fingerprint density at radius 1 is 1.09 bits per heavy atom. The number of nitrogens with zero attached hydrogens (tertiary/aromatic N) is 2. The molecule has 2 aromatic carbocycles. The third-order valence-corrected chi connectivity index (χ3v) is 5.78. The highest BCUT2D eigenvalue weighted by Crippen LogP contribution is 2.29. The summed E-state index contributed by atoms with van der Waals surface area (Å²) >= 11 is 0. The molecule has 1 aromatic heterocycles. The molecular formula is C22H20N4O5S. The van der Waals surface area contributed by atoms with Crippen molar-refractivity contribution in [1.82, 2.24) is 4.57 Å². The molecule has 164 valence electrons. The van der Waals surface area contributed by atoms with Crippen molar-refractivity contribution in [3.05, 3.63) is 77.0 Å². The van der Waals surface area contributed by atoms with Crippen molar-refractivity contribution >= 4 is 27.7 Å². The van der Waals surface area contributed by atoms with Crippen LogP contribution in [-0.4, -0.2) is 31.5 Å². The monoisotopic (exact) mass is 452 g/mol. The highest BCUT2D eigenvalue weighted by atomic mass is 32.2. The second-order valence-electron chi connectivity index (χ2n) is 6.91. The van der Waals surface area contributed by atoms with Crippen LogP contribution in [0.5, 0.6) is 0 Å². The van der Waals surface area contributed by atoms with Crippen molar-refractivity contribution in [3.8, 4) is 11.8 Å². The summed E-state index contributed by atoms with van der Waals surface area (Å²) in [6, 6.07) is 16.1. The zero-order chi connectivity index (χ0) is 23.5. The van der Waals surface area contributed by atoms with E-state index >= 15 is 0 Å². The Kier molecular flexibility index (Phi) is 6.43. The number of nitrogens with two attached hydrogens (primary N) is 1. The number of carbonyl (C=O) groups is 2. The van der Waals surface area contributed by atoms with Crippen LogP contribution in [0, 0.1) is 25.2 Å². The highest BCUT2D eigenvalue weighted by Gasteiger charge is 2.21. The Morgan fingerprint density at radius 2 is 1.72 bits per heavy atom. The summed E-state index contributed by atoms with van der Waals surface area (Å²) < 4.78 is 29.4. The van der Waals surface area contributed by atoms with Crippen LogP contribution in [0.25, 0.3) is 5.69 Å². The summed E-state index contributed by atoms with van der Waals surface area (Å²) in [6.07, 6.45) is 0. The van der Waals surface area contributed by atoms with Crippen LogP contribution in [0.2, 0.25) is 0 Å². The normalized spacial score (nSPS) is 10.9. The Hall–Kier alpha value is -3.94. The predicted molar refractivity (Wildman–Crippen MR) is 117 cm³/mol. The maximum Gasteiger partial charge on any atom is 0.338 e.